The third-order valence-electron chi connectivity index (χ3n) is 2.93. The number of nitrogens with zero attached hydrogens (tertiary/aromatic N) is 4. The van der Waals surface area contributed by atoms with E-state index in [1.165, 1.54) is 0 Å². The third kappa shape index (κ3) is 3.31. The van der Waals surface area contributed by atoms with Crippen LogP contribution in [0.2, 0.25) is 0 Å². The number of aryl methyl sites for hydroxylation is 1. The number of rotatable bonds is 5. The Kier molecular flexibility index (Phi) is 4.29. The van der Waals surface area contributed by atoms with Gasteiger partial charge in [0, 0.05) is 25.6 Å². The van der Waals surface area contributed by atoms with Gasteiger partial charge in [-0.25, -0.2) is 0 Å². The van der Waals surface area contributed by atoms with Crippen molar-refractivity contribution in [2.24, 2.45) is 0 Å². The first-order valence-electron chi connectivity index (χ1n) is 6.37. The Balaban J connectivity index is 2.03. The molecule has 0 aliphatic heterocycles. The number of nitrogens with one attached hydrogen (secondary N) is 2. The minimum Gasteiger partial charge on any atom is -0.374 e. The Morgan fingerprint density at radius 2 is 2.15 bits per heavy atom. The van der Waals surface area contributed by atoms with E-state index in [9.17, 15) is 4.79 Å². The highest BCUT2D eigenvalue weighted by atomic mass is 16.1. The van der Waals surface area contributed by atoms with Gasteiger partial charge in [0.2, 0.25) is 5.91 Å². The first-order chi connectivity index (χ1) is 9.60. The fourth-order valence-electron chi connectivity index (χ4n) is 1.91. The molecule has 0 saturated heterocycles. The predicted molar refractivity (Wildman–Crippen MR) is 75.1 cm³/mol. The van der Waals surface area contributed by atoms with E-state index >= 15 is 0 Å². The summed E-state index contributed by atoms with van der Waals surface area (Å²) in [6.45, 7) is 4.14. The maximum atomic E-state index is 11.3. The second-order valence-electron chi connectivity index (χ2n) is 4.49. The molecular weight excluding hydrogens is 256 g/mol. The summed E-state index contributed by atoms with van der Waals surface area (Å²) in [6, 6.07) is 0.0151. The van der Waals surface area contributed by atoms with Crippen molar-refractivity contribution >= 4 is 11.6 Å². The molecule has 0 saturated carbocycles. The molecule has 2 N–H and O–H groups in total. The molecule has 2 aromatic heterocycles. The number of anilines is 1. The van der Waals surface area contributed by atoms with Crippen molar-refractivity contribution in [3.05, 3.63) is 36.2 Å². The maximum absolute atomic E-state index is 11.3. The molecule has 0 radical (unpaired) electrons. The summed E-state index contributed by atoms with van der Waals surface area (Å²) in [5.41, 5.74) is 2.63. The summed E-state index contributed by atoms with van der Waals surface area (Å²) >= 11 is 0. The van der Waals surface area contributed by atoms with Crippen molar-refractivity contribution < 1.29 is 4.79 Å². The Bertz CT molecular complexity index is 594. The molecule has 7 heteroatoms. The summed E-state index contributed by atoms with van der Waals surface area (Å²) in [6.07, 6.45) is 6.82. The molecule has 0 spiro atoms. The van der Waals surface area contributed by atoms with Gasteiger partial charge in [-0.15, -0.1) is 0 Å². The Morgan fingerprint density at radius 3 is 2.85 bits per heavy atom. The number of hydrogen-bond acceptors (Lipinski definition) is 5. The fraction of sp³-hybridized carbons (Fsp3) is 0.385. The summed E-state index contributed by atoms with van der Waals surface area (Å²) < 4.78 is 1.58. The number of amides is 1. The van der Waals surface area contributed by atoms with Gasteiger partial charge in [-0.05, 0) is 13.8 Å². The molecular formula is C13H18N6O. The van der Waals surface area contributed by atoms with Crippen LogP contribution in [0.25, 0.3) is 0 Å². The SMILES string of the molecule is CNC(=O)Cn1cc(NC(C)c2nccnc2C)cn1. The quantitative estimate of drug-likeness (QED) is 0.846. The van der Waals surface area contributed by atoms with Gasteiger partial charge in [0.15, 0.2) is 0 Å². The molecule has 20 heavy (non-hydrogen) atoms. The maximum Gasteiger partial charge on any atom is 0.241 e. The summed E-state index contributed by atoms with van der Waals surface area (Å²) in [5.74, 6) is -0.0857. The first-order valence-corrected chi connectivity index (χ1v) is 6.37. The van der Waals surface area contributed by atoms with Gasteiger partial charge in [-0.2, -0.15) is 5.10 Å². The topological polar surface area (TPSA) is 84.7 Å². The average Bonchev–Trinajstić information content (AvgIpc) is 2.86. The molecule has 0 aliphatic carbocycles. The van der Waals surface area contributed by atoms with Crippen LogP contribution in [0.3, 0.4) is 0 Å². The summed E-state index contributed by atoms with van der Waals surface area (Å²) in [5, 5.41) is 9.98. The number of carbonyl (C=O) groups excluding carboxylic acids is 1. The van der Waals surface area contributed by atoms with E-state index in [2.05, 4.69) is 25.7 Å². The lowest BCUT2D eigenvalue weighted by molar-refractivity contribution is -0.121. The lowest BCUT2D eigenvalue weighted by Gasteiger charge is -2.14. The molecule has 0 bridgehead atoms. The van der Waals surface area contributed by atoms with Crippen molar-refractivity contribution in [2.75, 3.05) is 12.4 Å². The van der Waals surface area contributed by atoms with Gasteiger partial charge in [0.25, 0.3) is 0 Å². The van der Waals surface area contributed by atoms with Crippen LogP contribution in [0, 0.1) is 6.92 Å². The second kappa shape index (κ2) is 6.14. The zero-order valence-electron chi connectivity index (χ0n) is 11.8. The number of likely N-dealkylation sites (N-methyl/N-ethyl adjacent to an activating group) is 1. The van der Waals surface area contributed by atoms with E-state index in [1.807, 2.05) is 13.8 Å². The van der Waals surface area contributed by atoms with Crippen LogP contribution >= 0.6 is 0 Å². The van der Waals surface area contributed by atoms with Crippen LogP contribution in [-0.2, 0) is 11.3 Å². The lowest BCUT2D eigenvalue weighted by atomic mass is 10.2. The zero-order chi connectivity index (χ0) is 14.5. The van der Waals surface area contributed by atoms with Gasteiger partial charge in [0.05, 0.1) is 29.3 Å². The molecule has 0 aromatic carbocycles. The normalized spacial score (nSPS) is 11.9. The van der Waals surface area contributed by atoms with E-state index in [0.717, 1.165) is 17.1 Å². The molecule has 2 rings (SSSR count). The van der Waals surface area contributed by atoms with Crippen molar-refractivity contribution in [3.8, 4) is 0 Å². The van der Waals surface area contributed by atoms with Gasteiger partial charge >= 0.3 is 0 Å². The van der Waals surface area contributed by atoms with Gasteiger partial charge in [-0.3, -0.25) is 19.4 Å². The average molecular weight is 274 g/mol. The molecule has 0 aliphatic rings. The highest BCUT2D eigenvalue weighted by Gasteiger charge is 2.11. The Morgan fingerprint density at radius 1 is 1.40 bits per heavy atom. The Hall–Kier alpha value is -2.44. The molecule has 7 nitrogen and oxygen atoms in total. The van der Waals surface area contributed by atoms with Crippen molar-refractivity contribution in [2.45, 2.75) is 26.4 Å². The van der Waals surface area contributed by atoms with Crippen LogP contribution in [0.1, 0.15) is 24.4 Å². The monoisotopic (exact) mass is 274 g/mol. The molecule has 1 atom stereocenters. The number of hydrogen-bond donors (Lipinski definition) is 2. The minimum atomic E-state index is -0.0857. The van der Waals surface area contributed by atoms with Crippen LogP contribution in [-0.4, -0.2) is 32.7 Å². The van der Waals surface area contributed by atoms with Gasteiger partial charge in [0.1, 0.15) is 6.54 Å². The van der Waals surface area contributed by atoms with Crippen LogP contribution < -0.4 is 10.6 Å². The number of aromatic nitrogens is 4. The standard InChI is InChI=1S/C13H18N6O/c1-9-13(16-5-4-15-9)10(2)18-11-6-17-19(7-11)8-12(20)14-3/h4-7,10,18H,8H2,1-3H3,(H,14,20). The van der Waals surface area contributed by atoms with E-state index in [0.29, 0.717) is 0 Å². The molecule has 0 fully saturated rings. The predicted octanol–water partition coefficient (Wildman–Crippen LogP) is 0.901. The largest absolute Gasteiger partial charge is 0.374 e. The molecule has 2 aromatic rings. The van der Waals surface area contributed by atoms with Gasteiger partial charge < -0.3 is 10.6 Å². The third-order valence-corrected chi connectivity index (χ3v) is 2.93. The minimum absolute atomic E-state index is 0.0151. The lowest BCUT2D eigenvalue weighted by Crippen LogP contribution is -2.23. The van der Waals surface area contributed by atoms with Crippen LogP contribution in [0.5, 0.6) is 0 Å². The summed E-state index contributed by atoms with van der Waals surface area (Å²) in [4.78, 5) is 19.8. The molecule has 1 unspecified atom stereocenters. The van der Waals surface area contributed by atoms with Crippen molar-refractivity contribution in [3.63, 3.8) is 0 Å². The zero-order valence-corrected chi connectivity index (χ0v) is 11.8. The van der Waals surface area contributed by atoms with E-state index < -0.39 is 0 Å². The second-order valence-corrected chi connectivity index (χ2v) is 4.49. The van der Waals surface area contributed by atoms with Crippen molar-refractivity contribution in [1.82, 2.24) is 25.1 Å². The molecule has 1 amide bonds. The first kappa shape index (κ1) is 14.0. The summed E-state index contributed by atoms with van der Waals surface area (Å²) in [7, 11) is 1.60. The fourth-order valence-corrected chi connectivity index (χ4v) is 1.91. The van der Waals surface area contributed by atoms with Gasteiger partial charge in [-0.1, -0.05) is 0 Å². The van der Waals surface area contributed by atoms with E-state index in [1.54, 1.807) is 36.5 Å². The molecule has 2 heterocycles. The van der Waals surface area contributed by atoms with Crippen molar-refractivity contribution in [1.29, 1.82) is 0 Å². The number of carbonyl (C=O) groups is 1. The molecule has 106 valence electrons. The van der Waals surface area contributed by atoms with Crippen LogP contribution in [0.4, 0.5) is 5.69 Å². The van der Waals surface area contributed by atoms with E-state index in [-0.39, 0.29) is 18.5 Å². The Labute approximate surface area is 117 Å². The highest BCUT2D eigenvalue weighted by molar-refractivity contribution is 5.75. The highest BCUT2D eigenvalue weighted by Crippen LogP contribution is 2.18. The smallest absolute Gasteiger partial charge is 0.241 e. The van der Waals surface area contributed by atoms with Crippen LogP contribution in [0.15, 0.2) is 24.8 Å². The van der Waals surface area contributed by atoms with E-state index in [4.69, 9.17) is 0 Å².